The number of hydrazone groups is 1. The zero-order valence-corrected chi connectivity index (χ0v) is 12.8. The molecule has 2 aliphatic heterocycles. The summed E-state index contributed by atoms with van der Waals surface area (Å²) >= 11 is 1.53. The summed E-state index contributed by atoms with van der Waals surface area (Å²) in [5, 5.41) is 2.96. The van der Waals surface area contributed by atoms with Gasteiger partial charge in [0, 0.05) is 36.6 Å². The van der Waals surface area contributed by atoms with Gasteiger partial charge in [-0.15, -0.1) is 0 Å². The number of amides is 2. The highest BCUT2D eigenvalue weighted by Crippen LogP contribution is 2.22. The second-order valence-electron chi connectivity index (χ2n) is 4.57. The summed E-state index contributed by atoms with van der Waals surface area (Å²) in [5.41, 5.74) is 2.50. The molecule has 0 aromatic heterocycles. The van der Waals surface area contributed by atoms with Crippen molar-refractivity contribution in [3.05, 3.63) is 0 Å². The van der Waals surface area contributed by atoms with Gasteiger partial charge in [-0.2, -0.15) is 16.9 Å². The lowest BCUT2D eigenvalue weighted by molar-refractivity contribution is -0.125. The van der Waals surface area contributed by atoms with Gasteiger partial charge in [0.2, 0.25) is 5.91 Å². The summed E-state index contributed by atoms with van der Waals surface area (Å²) in [5.74, 6) is 0.495. The molecule has 0 radical (unpaired) electrons. The lowest BCUT2D eigenvalue weighted by Crippen LogP contribution is -2.53. The third-order valence-electron chi connectivity index (χ3n) is 3.31. The molecule has 0 spiro atoms. The number of hydrogen-bond acceptors (Lipinski definition) is 6. The zero-order chi connectivity index (χ0) is 14.8. The molecular formula is C11H17N3O4S2. The minimum atomic E-state index is -3.32. The van der Waals surface area contributed by atoms with Crippen LogP contribution in [-0.2, 0) is 19.4 Å². The first-order valence-electron chi connectivity index (χ1n) is 6.41. The van der Waals surface area contributed by atoms with Gasteiger partial charge >= 0.3 is 0 Å². The summed E-state index contributed by atoms with van der Waals surface area (Å²) < 4.78 is 24.2. The number of carbonyl (C=O) groups is 2. The minimum absolute atomic E-state index is 0.00518. The predicted molar refractivity (Wildman–Crippen MR) is 77.1 cm³/mol. The fourth-order valence-electron chi connectivity index (χ4n) is 2.10. The molecular weight excluding hydrogens is 302 g/mol. The standard InChI is InChI=1S/C11H17N3O4S2/c1-2-20(17,18)10-7-19-6-5-14(10)11(16)8-3-4-9(15)13-12-8/h10H,2-7H2,1H3,(H,13,15). The predicted octanol–water partition coefficient (Wildman–Crippen LogP) is -0.411. The molecule has 0 saturated carbocycles. The van der Waals surface area contributed by atoms with E-state index in [-0.39, 0.29) is 36.1 Å². The molecule has 1 fully saturated rings. The maximum Gasteiger partial charge on any atom is 0.271 e. The van der Waals surface area contributed by atoms with Crippen LogP contribution in [0.5, 0.6) is 0 Å². The Kier molecular flexibility index (Phi) is 4.69. The van der Waals surface area contributed by atoms with Gasteiger partial charge in [0.25, 0.3) is 5.91 Å². The summed E-state index contributed by atoms with van der Waals surface area (Å²) in [4.78, 5) is 24.8. The van der Waals surface area contributed by atoms with E-state index in [1.54, 1.807) is 6.92 Å². The summed E-state index contributed by atoms with van der Waals surface area (Å²) in [6, 6.07) is 0. The first-order chi connectivity index (χ1) is 9.45. The number of carbonyl (C=O) groups excluding carboxylic acids is 2. The highest BCUT2D eigenvalue weighted by molar-refractivity contribution is 8.01. The molecule has 1 N–H and O–H groups in total. The largest absolute Gasteiger partial charge is 0.319 e. The number of hydrogen-bond donors (Lipinski definition) is 1. The van der Waals surface area contributed by atoms with Gasteiger partial charge in [-0.25, -0.2) is 13.8 Å². The van der Waals surface area contributed by atoms with Crippen molar-refractivity contribution in [1.82, 2.24) is 10.3 Å². The lowest BCUT2D eigenvalue weighted by atomic mass is 10.1. The van der Waals surface area contributed by atoms with Crippen LogP contribution in [0.1, 0.15) is 19.8 Å². The molecule has 2 heterocycles. The van der Waals surface area contributed by atoms with Crippen LogP contribution >= 0.6 is 11.8 Å². The fourth-order valence-corrected chi connectivity index (χ4v) is 5.06. The number of nitrogens with one attached hydrogen (secondary N) is 1. The highest BCUT2D eigenvalue weighted by Gasteiger charge is 2.37. The van der Waals surface area contributed by atoms with E-state index < -0.39 is 15.2 Å². The van der Waals surface area contributed by atoms with E-state index in [9.17, 15) is 18.0 Å². The SMILES string of the molecule is CCS(=O)(=O)C1CSCCN1C(=O)C1=NNC(=O)CC1. The van der Waals surface area contributed by atoms with Crippen LogP contribution < -0.4 is 5.43 Å². The highest BCUT2D eigenvalue weighted by atomic mass is 32.2. The van der Waals surface area contributed by atoms with Crippen molar-refractivity contribution in [1.29, 1.82) is 0 Å². The molecule has 1 unspecified atom stereocenters. The molecule has 0 aromatic carbocycles. The van der Waals surface area contributed by atoms with Crippen molar-refractivity contribution in [2.75, 3.05) is 23.8 Å². The third-order valence-corrected chi connectivity index (χ3v) is 6.60. The van der Waals surface area contributed by atoms with Gasteiger partial charge in [-0.3, -0.25) is 9.59 Å². The Hall–Kier alpha value is -1.09. The van der Waals surface area contributed by atoms with Gasteiger partial charge < -0.3 is 4.90 Å². The van der Waals surface area contributed by atoms with Crippen molar-refractivity contribution in [2.24, 2.45) is 5.10 Å². The van der Waals surface area contributed by atoms with E-state index in [0.29, 0.717) is 18.1 Å². The average molecular weight is 319 g/mol. The molecule has 7 nitrogen and oxygen atoms in total. The number of sulfone groups is 1. The Bertz CT molecular complexity index is 544. The van der Waals surface area contributed by atoms with Crippen LogP contribution in [0, 0.1) is 0 Å². The number of rotatable bonds is 3. The lowest BCUT2D eigenvalue weighted by Gasteiger charge is -2.35. The van der Waals surface area contributed by atoms with E-state index >= 15 is 0 Å². The van der Waals surface area contributed by atoms with Gasteiger partial charge in [0.1, 0.15) is 11.1 Å². The maximum absolute atomic E-state index is 12.4. The molecule has 2 rings (SSSR count). The smallest absolute Gasteiger partial charge is 0.271 e. The van der Waals surface area contributed by atoms with Crippen LogP contribution in [-0.4, -0.2) is 60.0 Å². The van der Waals surface area contributed by atoms with Crippen LogP contribution in [0.3, 0.4) is 0 Å². The van der Waals surface area contributed by atoms with Crippen molar-refractivity contribution in [3.8, 4) is 0 Å². The second-order valence-corrected chi connectivity index (χ2v) is 8.17. The van der Waals surface area contributed by atoms with Crippen molar-refractivity contribution >= 4 is 39.1 Å². The minimum Gasteiger partial charge on any atom is -0.319 e. The topological polar surface area (TPSA) is 95.9 Å². The molecule has 1 atom stereocenters. The van der Waals surface area contributed by atoms with Gasteiger partial charge in [0.15, 0.2) is 9.84 Å². The molecule has 0 aromatic rings. The van der Waals surface area contributed by atoms with Crippen LogP contribution in [0.2, 0.25) is 0 Å². The van der Waals surface area contributed by atoms with Crippen molar-refractivity contribution in [2.45, 2.75) is 25.1 Å². The quantitative estimate of drug-likeness (QED) is 0.763. The Balaban J connectivity index is 2.20. The Morgan fingerprint density at radius 2 is 2.25 bits per heavy atom. The van der Waals surface area contributed by atoms with Crippen LogP contribution in [0.15, 0.2) is 5.10 Å². The second kappa shape index (κ2) is 6.13. The Labute approximate surface area is 122 Å². The van der Waals surface area contributed by atoms with Crippen molar-refractivity contribution < 1.29 is 18.0 Å². The molecule has 1 saturated heterocycles. The third kappa shape index (κ3) is 3.14. The normalized spacial score (nSPS) is 24.1. The molecule has 2 amide bonds. The summed E-state index contributed by atoms with van der Waals surface area (Å²) in [7, 11) is -3.32. The van der Waals surface area contributed by atoms with Crippen LogP contribution in [0.4, 0.5) is 0 Å². The first-order valence-corrected chi connectivity index (χ1v) is 9.28. The average Bonchev–Trinajstić information content (AvgIpc) is 2.47. The molecule has 20 heavy (non-hydrogen) atoms. The van der Waals surface area contributed by atoms with E-state index in [1.165, 1.54) is 16.7 Å². The van der Waals surface area contributed by atoms with Gasteiger partial charge in [0.05, 0.1) is 0 Å². The molecule has 0 aliphatic carbocycles. The van der Waals surface area contributed by atoms with Gasteiger partial charge in [-0.05, 0) is 0 Å². The first kappa shape index (κ1) is 15.3. The summed E-state index contributed by atoms with van der Waals surface area (Å²) in [6.45, 7) is 1.97. The number of nitrogens with zero attached hydrogens (tertiary/aromatic N) is 2. The van der Waals surface area contributed by atoms with E-state index in [2.05, 4.69) is 10.5 Å². The van der Waals surface area contributed by atoms with E-state index in [0.717, 1.165) is 0 Å². The Morgan fingerprint density at radius 1 is 1.50 bits per heavy atom. The fraction of sp³-hybridized carbons (Fsp3) is 0.727. The van der Waals surface area contributed by atoms with Gasteiger partial charge in [-0.1, -0.05) is 6.92 Å². The molecule has 2 aliphatic rings. The van der Waals surface area contributed by atoms with E-state index in [4.69, 9.17) is 0 Å². The van der Waals surface area contributed by atoms with E-state index in [1.807, 2.05) is 0 Å². The number of thioether (sulfide) groups is 1. The summed E-state index contributed by atoms with van der Waals surface area (Å²) in [6.07, 6.45) is 0.464. The Morgan fingerprint density at radius 3 is 2.85 bits per heavy atom. The zero-order valence-electron chi connectivity index (χ0n) is 11.2. The monoisotopic (exact) mass is 319 g/mol. The molecule has 112 valence electrons. The maximum atomic E-state index is 12.4. The molecule has 0 bridgehead atoms. The van der Waals surface area contributed by atoms with Crippen molar-refractivity contribution in [3.63, 3.8) is 0 Å². The molecule has 9 heteroatoms. The van der Waals surface area contributed by atoms with Crippen LogP contribution in [0.25, 0.3) is 0 Å².